The molecule has 0 amide bonds. The van der Waals surface area contributed by atoms with Gasteiger partial charge in [-0.25, -0.2) is 0 Å². The molecule has 2 rings (SSSR count). The highest BCUT2D eigenvalue weighted by molar-refractivity contribution is 7.10. The molecule has 1 aromatic rings. The lowest BCUT2D eigenvalue weighted by atomic mass is 10.1. The molecule has 0 saturated carbocycles. The topological polar surface area (TPSA) is 15.3 Å². The summed E-state index contributed by atoms with van der Waals surface area (Å²) in [4.78, 5) is 4.19. The third-order valence-corrected chi connectivity index (χ3v) is 4.30. The van der Waals surface area contributed by atoms with Gasteiger partial charge < -0.3 is 5.32 Å². The zero-order chi connectivity index (χ0) is 10.7. The highest BCUT2D eigenvalue weighted by atomic mass is 35.5. The second-order valence-corrected chi connectivity index (χ2v) is 5.13. The van der Waals surface area contributed by atoms with Crippen molar-refractivity contribution in [2.24, 2.45) is 0 Å². The van der Waals surface area contributed by atoms with Gasteiger partial charge >= 0.3 is 0 Å². The zero-order valence-electron chi connectivity index (χ0n) is 10.4. The van der Waals surface area contributed by atoms with Gasteiger partial charge in [0.05, 0.1) is 0 Å². The molecule has 0 radical (unpaired) electrons. The molecule has 1 aromatic heterocycles. The van der Waals surface area contributed by atoms with E-state index in [-0.39, 0.29) is 24.8 Å². The van der Waals surface area contributed by atoms with E-state index >= 15 is 0 Å². The van der Waals surface area contributed by atoms with Gasteiger partial charge in [0.25, 0.3) is 0 Å². The Morgan fingerprint density at radius 3 is 2.47 bits per heavy atom. The summed E-state index contributed by atoms with van der Waals surface area (Å²) in [5.41, 5.74) is 1.46. The average molecular weight is 297 g/mol. The van der Waals surface area contributed by atoms with Gasteiger partial charge in [0.1, 0.15) is 0 Å². The Hall–Kier alpha value is 0.200. The van der Waals surface area contributed by atoms with Gasteiger partial charge in [0.2, 0.25) is 0 Å². The first-order valence-electron chi connectivity index (χ1n) is 5.81. The van der Waals surface area contributed by atoms with Crippen LogP contribution < -0.4 is 5.32 Å². The summed E-state index contributed by atoms with van der Waals surface area (Å²) in [6, 6.07) is 2.89. The fourth-order valence-corrected chi connectivity index (χ4v) is 3.47. The number of hydrogen-bond donors (Lipinski definition) is 1. The smallest absolute Gasteiger partial charge is 0.0442 e. The maximum atomic E-state index is 3.42. The highest BCUT2D eigenvalue weighted by Crippen LogP contribution is 2.31. The monoisotopic (exact) mass is 296 g/mol. The van der Waals surface area contributed by atoms with Crippen molar-refractivity contribution < 1.29 is 0 Å². The maximum Gasteiger partial charge on any atom is 0.0442 e. The van der Waals surface area contributed by atoms with Crippen LogP contribution in [0.2, 0.25) is 0 Å². The summed E-state index contributed by atoms with van der Waals surface area (Å²) in [7, 11) is 0. The van der Waals surface area contributed by atoms with Crippen molar-refractivity contribution in [3.63, 3.8) is 0 Å². The molecular formula is C12H22Cl2N2S. The molecule has 100 valence electrons. The van der Waals surface area contributed by atoms with Crippen molar-refractivity contribution in [3.05, 3.63) is 21.9 Å². The molecule has 1 aliphatic rings. The van der Waals surface area contributed by atoms with E-state index in [0.29, 0.717) is 6.04 Å². The molecule has 1 fully saturated rings. The van der Waals surface area contributed by atoms with Crippen LogP contribution in [0.3, 0.4) is 0 Å². The molecule has 17 heavy (non-hydrogen) atoms. The van der Waals surface area contributed by atoms with Crippen LogP contribution in [-0.4, -0.2) is 31.1 Å². The van der Waals surface area contributed by atoms with E-state index < -0.39 is 0 Å². The first-order valence-corrected chi connectivity index (χ1v) is 6.69. The molecule has 0 aromatic carbocycles. The van der Waals surface area contributed by atoms with Gasteiger partial charge in [0.15, 0.2) is 0 Å². The Morgan fingerprint density at radius 2 is 2.00 bits per heavy atom. The van der Waals surface area contributed by atoms with Gasteiger partial charge in [-0.1, -0.05) is 6.92 Å². The second-order valence-electron chi connectivity index (χ2n) is 4.18. The van der Waals surface area contributed by atoms with Crippen molar-refractivity contribution in [2.75, 3.05) is 26.2 Å². The van der Waals surface area contributed by atoms with Crippen molar-refractivity contribution >= 4 is 36.2 Å². The highest BCUT2D eigenvalue weighted by Gasteiger charge is 2.22. The SMILES string of the molecule is CC[C@H](c1sccc1C)N1CCNCC1.Cl.Cl. The van der Waals surface area contributed by atoms with Gasteiger partial charge in [-0.3, -0.25) is 4.90 Å². The molecule has 1 N–H and O–H groups in total. The molecule has 2 nitrogen and oxygen atoms in total. The largest absolute Gasteiger partial charge is 0.314 e. The predicted octanol–water partition coefficient (Wildman–Crippen LogP) is 3.26. The molecule has 5 heteroatoms. The first-order chi connectivity index (χ1) is 7.33. The van der Waals surface area contributed by atoms with Gasteiger partial charge in [-0.05, 0) is 30.4 Å². The number of aryl methyl sites for hydroxylation is 1. The molecule has 2 heterocycles. The van der Waals surface area contributed by atoms with Crippen LogP contribution >= 0.6 is 36.2 Å². The molecule has 0 aliphatic carbocycles. The Kier molecular flexibility index (Phi) is 8.43. The third-order valence-electron chi connectivity index (χ3n) is 3.18. The van der Waals surface area contributed by atoms with Crippen LogP contribution in [0.5, 0.6) is 0 Å². The number of nitrogens with one attached hydrogen (secondary N) is 1. The van der Waals surface area contributed by atoms with Crippen LogP contribution in [0.4, 0.5) is 0 Å². The fraction of sp³-hybridized carbons (Fsp3) is 0.667. The van der Waals surface area contributed by atoms with E-state index in [1.807, 2.05) is 11.3 Å². The number of nitrogens with zero attached hydrogens (tertiary/aromatic N) is 1. The number of halogens is 2. The Bertz CT molecular complexity index is 311. The number of hydrogen-bond acceptors (Lipinski definition) is 3. The minimum atomic E-state index is 0. The van der Waals surface area contributed by atoms with E-state index in [0.717, 1.165) is 13.1 Å². The summed E-state index contributed by atoms with van der Waals surface area (Å²) in [6.45, 7) is 9.19. The Labute approximate surface area is 121 Å². The normalized spacial score (nSPS) is 18.0. The molecule has 0 unspecified atom stereocenters. The molecule has 1 atom stereocenters. The second kappa shape index (κ2) is 8.33. The minimum absolute atomic E-state index is 0. The van der Waals surface area contributed by atoms with Crippen LogP contribution in [0.25, 0.3) is 0 Å². The van der Waals surface area contributed by atoms with E-state index in [1.165, 1.54) is 25.1 Å². The van der Waals surface area contributed by atoms with Crippen LogP contribution in [0.15, 0.2) is 11.4 Å². The summed E-state index contributed by atoms with van der Waals surface area (Å²) in [6.07, 6.45) is 1.22. The van der Waals surface area contributed by atoms with Crippen molar-refractivity contribution in [2.45, 2.75) is 26.3 Å². The molecular weight excluding hydrogens is 275 g/mol. The van der Waals surface area contributed by atoms with E-state index in [1.54, 1.807) is 4.88 Å². The van der Waals surface area contributed by atoms with Crippen LogP contribution in [-0.2, 0) is 0 Å². The van der Waals surface area contributed by atoms with Gasteiger partial charge in [0, 0.05) is 37.1 Å². The first kappa shape index (κ1) is 17.2. The summed E-state index contributed by atoms with van der Waals surface area (Å²) in [5, 5.41) is 5.63. The fourth-order valence-electron chi connectivity index (χ4n) is 2.33. The van der Waals surface area contributed by atoms with E-state index in [2.05, 4.69) is 35.5 Å². The summed E-state index contributed by atoms with van der Waals surface area (Å²) >= 11 is 1.91. The van der Waals surface area contributed by atoms with Crippen LogP contribution in [0.1, 0.15) is 29.8 Å². The molecule has 0 spiro atoms. The molecule has 1 saturated heterocycles. The van der Waals surface area contributed by atoms with Crippen molar-refractivity contribution in [3.8, 4) is 0 Å². The minimum Gasteiger partial charge on any atom is -0.314 e. The van der Waals surface area contributed by atoms with Crippen molar-refractivity contribution in [1.82, 2.24) is 10.2 Å². The number of piperazine rings is 1. The summed E-state index contributed by atoms with van der Waals surface area (Å²) in [5.74, 6) is 0. The van der Waals surface area contributed by atoms with E-state index in [9.17, 15) is 0 Å². The van der Waals surface area contributed by atoms with Gasteiger partial charge in [-0.2, -0.15) is 0 Å². The van der Waals surface area contributed by atoms with Crippen LogP contribution in [0, 0.1) is 6.92 Å². The lowest BCUT2D eigenvalue weighted by molar-refractivity contribution is 0.171. The number of rotatable bonds is 3. The average Bonchev–Trinajstić information content (AvgIpc) is 2.68. The quantitative estimate of drug-likeness (QED) is 0.921. The maximum absolute atomic E-state index is 3.42. The number of thiophene rings is 1. The lowest BCUT2D eigenvalue weighted by Gasteiger charge is -2.34. The third kappa shape index (κ3) is 4.11. The molecule has 0 bridgehead atoms. The zero-order valence-corrected chi connectivity index (χ0v) is 12.9. The summed E-state index contributed by atoms with van der Waals surface area (Å²) < 4.78 is 0. The van der Waals surface area contributed by atoms with E-state index in [4.69, 9.17) is 0 Å². The lowest BCUT2D eigenvalue weighted by Crippen LogP contribution is -2.44. The molecule has 1 aliphatic heterocycles. The predicted molar refractivity (Wildman–Crippen MR) is 81.0 cm³/mol. The standard InChI is InChI=1S/C12H20N2S.2ClH/c1-3-11(12-10(2)4-9-15-12)14-7-5-13-6-8-14;;/h4,9,11,13H,3,5-8H2,1-2H3;2*1H/t11-;;/m1../s1. The Balaban J connectivity index is 0.00000128. The van der Waals surface area contributed by atoms with Gasteiger partial charge in [-0.15, -0.1) is 36.2 Å². The van der Waals surface area contributed by atoms with Crippen molar-refractivity contribution in [1.29, 1.82) is 0 Å². The Morgan fingerprint density at radius 1 is 1.35 bits per heavy atom.